The first-order chi connectivity index (χ1) is 10.1. The third-order valence-electron chi connectivity index (χ3n) is 5.20. The lowest BCUT2D eigenvalue weighted by Crippen LogP contribution is -2.51. The number of nitrogens with one attached hydrogen (secondary N) is 1. The van der Waals surface area contributed by atoms with Gasteiger partial charge in [0.15, 0.2) is 0 Å². The Labute approximate surface area is 131 Å². The van der Waals surface area contributed by atoms with Gasteiger partial charge in [-0.15, -0.1) is 0 Å². The zero-order valence-corrected chi connectivity index (χ0v) is 14.5. The van der Waals surface area contributed by atoms with Crippen LogP contribution in [0.5, 0.6) is 0 Å². The second kappa shape index (κ2) is 8.47. The molecule has 0 aromatic rings. The van der Waals surface area contributed by atoms with Crippen LogP contribution in [-0.2, 0) is 4.74 Å². The molecule has 1 aliphatic carbocycles. The molecule has 4 nitrogen and oxygen atoms in total. The minimum absolute atomic E-state index is 0.387. The molecule has 0 bridgehead atoms. The maximum absolute atomic E-state index is 5.98. The summed E-state index contributed by atoms with van der Waals surface area (Å²) in [6.07, 6.45) is 5.69. The summed E-state index contributed by atoms with van der Waals surface area (Å²) >= 11 is 0. The van der Waals surface area contributed by atoms with Crippen LogP contribution < -0.4 is 5.32 Å². The first-order valence-corrected chi connectivity index (χ1v) is 8.89. The summed E-state index contributed by atoms with van der Waals surface area (Å²) < 4.78 is 5.98. The Hall–Kier alpha value is -0.160. The molecular formula is C17H35N3O. The smallest absolute Gasteiger partial charge is 0.0829 e. The summed E-state index contributed by atoms with van der Waals surface area (Å²) in [6, 6.07) is 2.14. The Morgan fingerprint density at radius 3 is 2.57 bits per heavy atom. The molecule has 0 aromatic carbocycles. The summed E-state index contributed by atoms with van der Waals surface area (Å²) in [7, 11) is 2.29. The first-order valence-electron chi connectivity index (χ1n) is 8.89. The van der Waals surface area contributed by atoms with Crippen molar-refractivity contribution in [3.05, 3.63) is 0 Å². The zero-order chi connectivity index (χ0) is 15.2. The quantitative estimate of drug-likeness (QED) is 0.811. The molecule has 2 rings (SSSR count). The van der Waals surface area contributed by atoms with E-state index in [2.05, 4.69) is 42.9 Å². The highest BCUT2D eigenvalue weighted by Gasteiger charge is 2.28. The molecule has 1 saturated carbocycles. The molecule has 2 fully saturated rings. The predicted molar refractivity (Wildman–Crippen MR) is 88.8 cm³/mol. The van der Waals surface area contributed by atoms with Crippen molar-refractivity contribution < 1.29 is 4.74 Å². The van der Waals surface area contributed by atoms with Gasteiger partial charge < -0.3 is 15.0 Å². The van der Waals surface area contributed by atoms with Gasteiger partial charge in [-0.2, -0.15) is 0 Å². The molecule has 0 amide bonds. The van der Waals surface area contributed by atoms with Gasteiger partial charge in [-0.1, -0.05) is 6.92 Å². The Morgan fingerprint density at radius 2 is 1.95 bits per heavy atom. The van der Waals surface area contributed by atoms with Crippen molar-refractivity contribution >= 4 is 0 Å². The first kappa shape index (κ1) is 17.2. The Bertz CT molecular complexity index is 290. The van der Waals surface area contributed by atoms with Crippen LogP contribution in [0, 0.1) is 0 Å². The van der Waals surface area contributed by atoms with E-state index in [0.29, 0.717) is 12.1 Å². The molecule has 1 aliphatic heterocycles. The van der Waals surface area contributed by atoms with Crippen molar-refractivity contribution in [3.8, 4) is 0 Å². The van der Waals surface area contributed by atoms with E-state index in [1.807, 2.05) is 0 Å². The maximum atomic E-state index is 5.98. The number of likely N-dealkylation sites (N-methyl/N-ethyl adjacent to an activating group) is 1. The van der Waals surface area contributed by atoms with Crippen molar-refractivity contribution in [2.45, 2.75) is 70.7 Å². The number of nitrogens with zero attached hydrogens (tertiary/aromatic N) is 2. The van der Waals surface area contributed by atoms with Gasteiger partial charge in [0, 0.05) is 37.8 Å². The van der Waals surface area contributed by atoms with Crippen LogP contribution in [0.1, 0.15) is 46.5 Å². The van der Waals surface area contributed by atoms with Crippen molar-refractivity contribution in [3.63, 3.8) is 0 Å². The number of rotatable bonds is 6. The maximum Gasteiger partial charge on any atom is 0.0829 e. The van der Waals surface area contributed by atoms with E-state index in [9.17, 15) is 0 Å². The summed E-state index contributed by atoms with van der Waals surface area (Å²) in [5, 5.41) is 3.59. The van der Waals surface area contributed by atoms with Crippen LogP contribution in [0.25, 0.3) is 0 Å². The molecule has 0 spiro atoms. The molecule has 0 aromatic heterocycles. The van der Waals surface area contributed by atoms with E-state index < -0.39 is 0 Å². The van der Waals surface area contributed by atoms with E-state index in [4.69, 9.17) is 4.74 Å². The highest BCUT2D eigenvalue weighted by molar-refractivity contribution is 4.84. The molecule has 1 N–H and O–H groups in total. The van der Waals surface area contributed by atoms with Crippen molar-refractivity contribution in [1.29, 1.82) is 0 Å². The number of hydrogen-bond acceptors (Lipinski definition) is 4. The lowest BCUT2D eigenvalue weighted by molar-refractivity contribution is -0.0552. The van der Waals surface area contributed by atoms with Crippen LogP contribution in [0.4, 0.5) is 0 Å². The molecule has 0 radical (unpaired) electrons. The van der Waals surface area contributed by atoms with E-state index >= 15 is 0 Å². The third kappa shape index (κ3) is 5.20. The van der Waals surface area contributed by atoms with E-state index in [-0.39, 0.29) is 0 Å². The van der Waals surface area contributed by atoms with Crippen LogP contribution >= 0.6 is 0 Å². The SMILES string of the molecule is CCNC1CCC(N(C)CC2CN(C(C)C)CCO2)CC1. The molecule has 2 aliphatic rings. The third-order valence-corrected chi connectivity index (χ3v) is 5.20. The van der Waals surface area contributed by atoms with Crippen molar-refractivity contribution in [2.75, 3.05) is 39.8 Å². The van der Waals surface area contributed by atoms with Gasteiger partial charge in [0.25, 0.3) is 0 Å². The number of morpholine rings is 1. The average molecular weight is 297 g/mol. The minimum atomic E-state index is 0.387. The van der Waals surface area contributed by atoms with Gasteiger partial charge in [0.1, 0.15) is 0 Å². The van der Waals surface area contributed by atoms with Gasteiger partial charge in [0.05, 0.1) is 12.7 Å². The van der Waals surface area contributed by atoms with E-state index in [0.717, 1.165) is 44.9 Å². The Kier molecular flexibility index (Phi) is 6.93. The zero-order valence-electron chi connectivity index (χ0n) is 14.5. The van der Waals surface area contributed by atoms with Gasteiger partial charge >= 0.3 is 0 Å². The lowest BCUT2D eigenvalue weighted by Gasteiger charge is -2.40. The fraction of sp³-hybridized carbons (Fsp3) is 1.00. The van der Waals surface area contributed by atoms with Gasteiger partial charge in [-0.05, 0) is 53.1 Å². The summed E-state index contributed by atoms with van der Waals surface area (Å²) in [5.41, 5.74) is 0. The normalized spacial score (nSPS) is 32.0. The second-order valence-corrected chi connectivity index (χ2v) is 7.08. The molecule has 1 unspecified atom stereocenters. The van der Waals surface area contributed by atoms with Crippen molar-refractivity contribution in [1.82, 2.24) is 15.1 Å². The fourth-order valence-electron chi connectivity index (χ4n) is 3.80. The van der Waals surface area contributed by atoms with Gasteiger partial charge in [-0.25, -0.2) is 0 Å². The van der Waals surface area contributed by atoms with E-state index in [1.54, 1.807) is 0 Å². The Balaban J connectivity index is 1.73. The second-order valence-electron chi connectivity index (χ2n) is 7.08. The van der Waals surface area contributed by atoms with Crippen LogP contribution in [0.3, 0.4) is 0 Å². The average Bonchev–Trinajstić information content (AvgIpc) is 2.48. The molecule has 4 heteroatoms. The summed E-state index contributed by atoms with van der Waals surface area (Å²) in [6.45, 7) is 12.0. The molecule has 1 saturated heterocycles. The number of ether oxygens (including phenoxy) is 1. The molecule has 1 heterocycles. The van der Waals surface area contributed by atoms with Crippen LogP contribution in [-0.4, -0.2) is 73.9 Å². The highest BCUT2D eigenvalue weighted by atomic mass is 16.5. The van der Waals surface area contributed by atoms with Crippen molar-refractivity contribution in [2.24, 2.45) is 0 Å². The van der Waals surface area contributed by atoms with Gasteiger partial charge in [0.2, 0.25) is 0 Å². The highest BCUT2D eigenvalue weighted by Crippen LogP contribution is 2.23. The molecule has 124 valence electrons. The molecule has 1 atom stereocenters. The summed E-state index contributed by atoms with van der Waals surface area (Å²) in [5.74, 6) is 0. The largest absolute Gasteiger partial charge is 0.374 e. The summed E-state index contributed by atoms with van der Waals surface area (Å²) in [4.78, 5) is 5.10. The molecular weight excluding hydrogens is 262 g/mol. The topological polar surface area (TPSA) is 27.7 Å². The fourth-order valence-corrected chi connectivity index (χ4v) is 3.80. The van der Waals surface area contributed by atoms with Crippen LogP contribution in [0.2, 0.25) is 0 Å². The Morgan fingerprint density at radius 1 is 1.24 bits per heavy atom. The number of hydrogen-bond donors (Lipinski definition) is 1. The standard InChI is InChI=1S/C17H35N3O/c1-5-18-15-6-8-16(9-7-15)19(4)12-17-13-20(14(2)3)10-11-21-17/h14-18H,5-13H2,1-4H3. The van der Waals surface area contributed by atoms with E-state index in [1.165, 1.54) is 25.7 Å². The lowest BCUT2D eigenvalue weighted by atomic mass is 9.90. The van der Waals surface area contributed by atoms with Gasteiger partial charge in [-0.3, -0.25) is 4.90 Å². The van der Waals surface area contributed by atoms with Crippen LogP contribution in [0.15, 0.2) is 0 Å². The predicted octanol–water partition coefficient (Wildman–Crippen LogP) is 1.95. The molecule has 21 heavy (non-hydrogen) atoms. The monoisotopic (exact) mass is 297 g/mol. The minimum Gasteiger partial charge on any atom is -0.374 e.